The molecule has 9 nitrogen and oxygen atoms in total. The van der Waals surface area contributed by atoms with E-state index in [9.17, 15) is 4.79 Å². The van der Waals surface area contributed by atoms with Gasteiger partial charge in [0.25, 0.3) is 5.91 Å². The average molecular weight is 422 g/mol. The third kappa shape index (κ3) is 5.18. The lowest BCUT2D eigenvalue weighted by Gasteiger charge is -2.28. The molecular formula is C22H26N6O3. The summed E-state index contributed by atoms with van der Waals surface area (Å²) in [6, 6.07) is 15.0. The van der Waals surface area contributed by atoms with Gasteiger partial charge in [0.2, 0.25) is 0 Å². The maximum atomic E-state index is 12.6. The molecule has 9 heteroatoms. The van der Waals surface area contributed by atoms with Crippen LogP contribution >= 0.6 is 0 Å². The number of hydrogen-bond donors (Lipinski definition) is 1. The fourth-order valence-corrected chi connectivity index (χ4v) is 3.34. The van der Waals surface area contributed by atoms with Crippen LogP contribution in [0.25, 0.3) is 0 Å². The molecule has 0 aliphatic carbocycles. The molecule has 0 saturated carbocycles. The minimum absolute atomic E-state index is 0.155. The predicted molar refractivity (Wildman–Crippen MR) is 116 cm³/mol. The molecule has 1 amide bonds. The first-order valence-electron chi connectivity index (χ1n) is 10.3. The second kappa shape index (κ2) is 9.57. The van der Waals surface area contributed by atoms with Crippen molar-refractivity contribution in [3.05, 3.63) is 59.9 Å². The lowest BCUT2D eigenvalue weighted by molar-refractivity contribution is 0.102. The molecular weight excluding hydrogens is 396 g/mol. The van der Waals surface area contributed by atoms with Gasteiger partial charge < -0.3 is 19.7 Å². The molecule has 1 N–H and O–H groups in total. The standard InChI is InChI=1S/C22H26N6O3/c1-16(2)28-21(24-25-26-28)15-31-20-9-3-17(4-10-20)22(29)23-18-5-7-19(8-6-18)27-11-13-30-14-12-27/h3-10,16H,11-15H2,1-2H3,(H,23,29). The van der Waals surface area contributed by atoms with Crippen molar-refractivity contribution in [2.45, 2.75) is 26.5 Å². The summed E-state index contributed by atoms with van der Waals surface area (Å²) in [5.41, 5.74) is 2.44. The highest BCUT2D eigenvalue weighted by Gasteiger charge is 2.13. The Morgan fingerprint density at radius 2 is 1.81 bits per heavy atom. The smallest absolute Gasteiger partial charge is 0.255 e. The van der Waals surface area contributed by atoms with Crippen LogP contribution in [0.5, 0.6) is 5.75 Å². The summed E-state index contributed by atoms with van der Waals surface area (Å²) in [6.07, 6.45) is 0. The molecule has 2 aromatic carbocycles. The number of aromatic nitrogens is 4. The van der Waals surface area contributed by atoms with Gasteiger partial charge in [-0.3, -0.25) is 4.79 Å². The van der Waals surface area contributed by atoms with Gasteiger partial charge in [0.15, 0.2) is 5.82 Å². The van der Waals surface area contributed by atoms with Gasteiger partial charge in [0.1, 0.15) is 12.4 Å². The Morgan fingerprint density at radius 3 is 2.48 bits per heavy atom. The van der Waals surface area contributed by atoms with Crippen molar-refractivity contribution >= 4 is 17.3 Å². The zero-order valence-corrected chi connectivity index (χ0v) is 17.7. The van der Waals surface area contributed by atoms with Gasteiger partial charge in [-0.25, -0.2) is 4.68 Å². The van der Waals surface area contributed by atoms with Crippen molar-refractivity contribution in [1.29, 1.82) is 0 Å². The average Bonchev–Trinajstić information content (AvgIpc) is 3.28. The number of anilines is 2. The topological polar surface area (TPSA) is 94.4 Å². The number of carbonyl (C=O) groups excluding carboxylic acids is 1. The number of nitrogens with zero attached hydrogens (tertiary/aromatic N) is 5. The molecule has 1 aliphatic rings. The van der Waals surface area contributed by atoms with Gasteiger partial charge >= 0.3 is 0 Å². The monoisotopic (exact) mass is 422 g/mol. The predicted octanol–water partition coefficient (Wildman–Crippen LogP) is 2.92. The fraction of sp³-hybridized carbons (Fsp3) is 0.364. The maximum Gasteiger partial charge on any atom is 0.255 e. The fourth-order valence-electron chi connectivity index (χ4n) is 3.34. The van der Waals surface area contributed by atoms with Crippen molar-refractivity contribution in [1.82, 2.24) is 20.2 Å². The molecule has 0 radical (unpaired) electrons. The Bertz CT molecular complexity index is 995. The SMILES string of the molecule is CC(C)n1nnnc1COc1ccc(C(=O)Nc2ccc(N3CCOCC3)cc2)cc1. The Morgan fingerprint density at radius 1 is 1.10 bits per heavy atom. The normalized spacial score (nSPS) is 14.0. The molecule has 0 unspecified atom stereocenters. The van der Waals surface area contributed by atoms with Crippen LogP contribution in [0.3, 0.4) is 0 Å². The first-order chi connectivity index (χ1) is 15.1. The Kier molecular flexibility index (Phi) is 6.42. The van der Waals surface area contributed by atoms with Crippen LogP contribution in [0, 0.1) is 0 Å². The number of nitrogens with one attached hydrogen (secondary N) is 1. The maximum absolute atomic E-state index is 12.6. The van der Waals surface area contributed by atoms with Crippen LogP contribution in [0.1, 0.15) is 36.1 Å². The molecule has 1 fully saturated rings. The van der Waals surface area contributed by atoms with Crippen LogP contribution in [-0.2, 0) is 11.3 Å². The summed E-state index contributed by atoms with van der Waals surface area (Å²) in [7, 11) is 0. The molecule has 2 heterocycles. The number of ether oxygens (including phenoxy) is 2. The van der Waals surface area contributed by atoms with E-state index < -0.39 is 0 Å². The zero-order valence-electron chi connectivity index (χ0n) is 17.7. The quantitative estimate of drug-likeness (QED) is 0.626. The van der Waals surface area contributed by atoms with E-state index in [-0.39, 0.29) is 18.6 Å². The van der Waals surface area contributed by atoms with Crippen LogP contribution in [0.2, 0.25) is 0 Å². The number of carbonyl (C=O) groups is 1. The van der Waals surface area contributed by atoms with E-state index in [0.717, 1.165) is 37.7 Å². The van der Waals surface area contributed by atoms with Gasteiger partial charge in [-0.05, 0) is 72.8 Å². The number of tetrazole rings is 1. The van der Waals surface area contributed by atoms with Crippen molar-refractivity contribution in [3.63, 3.8) is 0 Å². The van der Waals surface area contributed by atoms with Gasteiger partial charge in [0.05, 0.1) is 19.3 Å². The summed E-state index contributed by atoms with van der Waals surface area (Å²) >= 11 is 0. The van der Waals surface area contributed by atoms with E-state index in [0.29, 0.717) is 17.1 Å². The van der Waals surface area contributed by atoms with E-state index in [4.69, 9.17) is 9.47 Å². The lowest BCUT2D eigenvalue weighted by atomic mass is 10.2. The molecule has 4 rings (SSSR count). The lowest BCUT2D eigenvalue weighted by Crippen LogP contribution is -2.36. The van der Waals surface area contributed by atoms with Crippen LogP contribution in [0.4, 0.5) is 11.4 Å². The molecule has 1 aromatic heterocycles. The first kappa shape index (κ1) is 20.8. The minimum atomic E-state index is -0.172. The number of amides is 1. The summed E-state index contributed by atoms with van der Waals surface area (Å²) in [4.78, 5) is 14.8. The Balaban J connectivity index is 1.32. The molecule has 1 saturated heterocycles. The van der Waals surface area contributed by atoms with Crippen LogP contribution in [-0.4, -0.2) is 52.4 Å². The van der Waals surface area contributed by atoms with Gasteiger partial charge in [-0.2, -0.15) is 0 Å². The minimum Gasteiger partial charge on any atom is -0.486 e. The van der Waals surface area contributed by atoms with E-state index in [1.165, 1.54) is 0 Å². The van der Waals surface area contributed by atoms with E-state index >= 15 is 0 Å². The molecule has 162 valence electrons. The van der Waals surface area contributed by atoms with E-state index in [2.05, 4.69) is 25.7 Å². The van der Waals surface area contributed by atoms with Gasteiger partial charge in [0, 0.05) is 30.0 Å². The summed E-state index contributed by atoms with van der Waals surface area (Å²) in [5, 5.41) is 14.6. The van der Waals surface area contributed by atoms with Crippen molar-refractivity contribution in [3.8, 4) is 5.75 Å². The third-order valence-corrected chi connectivity index (χ3v) is 5.04. The summed E-state index contributed by atoms with van der Waals surface area (Å²) < 4.78 is 12.9. The molecule has 1 aliphatic heterocycles. The molecule has 3 aromatic rings. The zero-order chi connectivity index (χ0) is 21.6. The number of hydrogen-bond acceptors (Lipinski definition) is 7. The number of benzene rings is 2. The number of rotatable bonds is 7. The molecule has 0 spiro atoms. The molecule has 31 heavy (non-hydrogen) atoms. The summed E-state index contributed by atoms with van der Waals surface area (Å²) in [6.45, 7) is 7.51. The Labute approximate surface area is 181 Å². The third-order valence-electron chi connectivity index (χ3n) is 5.04. The summed E-state index contributed by atoms with van der Waals surface area (Å²) in [5.74, 6) is 1.12. The van der Waals surface area contributed by atoms with Gasteiger partial charge in [-0.1, -0.05) is 0 Å². The highest BCUT2D eigenvalue weighted by atomic mass is 16.5. The number of morpholine rings is 1. The van der Waals surface area contributed by atoms with Crippen molar-refractivity contribution in [2.24, 2.45) is 0 Å². The molecule has 0 bridgehead atoms. The van der Waals surface area contributed by atoms with Crippen LogP contribution in [0.15, 0.2) is 48.5 Å². The highest BCUT2D eigenvalue weighted by molar-refractivity contribution is 6.04. The van der Waals surface area contributed by atoms with E-state index in [1.54, 1.807) is 28.9 Å². The van der Waals surface area contributed by atoms with Crippen molar-refractivity contribution < 1.29 is 14.3 Å². The molecule has 0 atom stereocenters. The van der Waals surface area contributed by atoms with E-state index in [1.807, 2.05) is 38.1 Å². The second-order valence-electron chi connectivity index (χ2n) is 7.55. The highest BCUT2D eigenvalue weighted by Crippen LogP contribution is 2.20. The second-order valence-corrected chi connectivity index (χ2v) is 7.55. The Hall–Kier alpha value is -3.46. The largest absolute Gasteiger partial charge is 0.486 e. The van der Waals surface area contributed by atoms with Gasteiger partial charge in [-0.15, -0.1) is 5.10 Å². The van der Waals surface area contributed by atoms with Crippen molar-refractivity contribution in [2.75, 3.05) is 36.5 Å². The van der Waals surface area contributed by atoms with Crippen LogP contribution < -0.4 is 15.0 Å². The first-order valence-corrected chi connectivity index (χ1v) is 10.3.